The number of hydrogen-bond acceptors (Lipinski definition) is 4. The second kappa shape index (κ2) is 22.1. The van der Waals surface area contributed by atoms with Gasteiger partial charge < -0.3 is 14.2 Å². The summed E-state index contributed by atoms with van der Waals surface area (Å²) in [6, 6.07) is 0. The normalized spacial score (nSPS) is 11.5. The molecule has 0 unspecified atom stereocenters. The average molecular weight is 415 g/mol. The van der Waals surface area contributed by atoms with Crippen LogP contribution in [0.1, 0.15) is 124 Å². The van der Waals surface area contributed by atoms with Crippen LogP contribution in [0.5, 0.6) is 0 Å². The third-order valence-corrected chi connectivity index (χ3v) is 5.15. The molecule has 0 radical (unpaired) electrons. The Bertz CT molecular complexity index is 326. The van der Waals surface area contributed by atoms with Crippen LogP contribution in [-0.4, -0.2) is 32.1 Å². The fourth-order valence-corrected chi connectivity index (χ4v) is 3.13. The zero-order valence-corrected chi connectivity index (χ0v) is 20.0. The van der Waals surface area contributed by atoms with Crippen LogP contribution in [0, 0.1) is 5.92 Å². The van der Waals surface area contributed by atoms with Crippen LogP contribution in [0.3, 0.4) is 0 Å². The SMILES string of the molecule is CCCCCCCCOC(CCC(=O)OCCC(C)C)OCCCCCCCC. The largest absolute Gasteiger partial charge is 0.466 e. The van der Waals surface area contributed by atoms with E-state index in [4.69, 9.17) is 14.2 Å². The molecular formula is C25H50O4. The van der Waals surface area contributed by atoms with Crippen molar-refractivity contribution in [1.29, 1.82) is 0 Å². The van der Waals surface area contributed by atoms with Gasteiger partial charge >= 0.3 is 5.97 Å². The van der Waals surface area contributed by atoms with Gasteiger partial charge in [0.1, 0.15) is 0 Å². The summed E-state index contributed by atoms with van der Waals surface area (Å²) in [4.78, 5) is 11.9. The molecule has 0 atom stereocenters. The molecule has 174 valence electrons. The molecular weight excluding hydrogens is 364 g/mol. The Kier molecular flexibility index (Phi) is 21.6. The minimum absolute atomic E-state index is 0.137. The molecule has 4 heteroatoms. The Morgan fingerprint density at radius 2 is 1.14 bits per heavy atom. The predicted molar refractivity (Wildman–Crippen MR) is 122 cm³/mol. The second-order valence-electron chi connectivity index (χ2n) is 8.65. The van der Waals surface area contributed by atoms with Crippen LogP contribution in [0.4, 0.5) is 0 Å². The predicted octanol–water partition coefficient (Wildman–Crippen LogP) is 7.44. The summed E-state index contributed by atoms with van der Waals surface area (Å²) in [6.45, 7) is 10.7. The molecule has 0 fully saturated rings. The molecule has 0 amide bonds. The van der Waals surface area contributed by atoms with Gasteiger partial charge in [-0.25, -0.2) is 0 Å². The fraction of sp³-hybridized carbons (Fsp3) is 0.960. The highest BCUT2D eigenvalue weighted by molar-refractivity contribution is 5.69. The Balaban J connectivity index is 4.01. The van der Waals surface area contributed by atoms with E-state index in [0.717, 1.165) is 32.5 Å². The molecule has 0 aliphatic carbocycles. The number of carbonyl (C=O) groups is 1. The second-order valence-corrected chi connectivity index (χ2v) is 8.65. The summed E-state index contributed by atoms with van der Waals surface area (Å²) in [6.07, 6.45) is 16.5. The molecule has 0 N–H and O–H groups in total. The molecule has 0 spiro atoms. The molecule has 29 heavy (non-hydrogen) atoms. The monoisotopic (exact) mass is 414 g/mol. The fourth-order valence-electron chi connectivity index (χ4n) is 3.13. The summed E-state index contributed by atoms with van der Waals surface area (Å²) in [5.41, 5.74) is 0. The standard InChI is InChI=1S/C25H50O4/c1-5-7-9-11-13-15-20-28-25(29-21-16-14-12-10-8-6-2)18-17-24(26)27-22-19-23(3)4/h23,25H,5-22H2,1-4H3. The zero-order valence-electron chi connectivity index (χ0n) is 20.0. The first kappa shape index (κ1) is 28.4. The average Bonchev–Trinajstić information content (AvgIpc) is 2.69. The van der Waals surface area contributed by atoms with Crippen molar-refractivity contribution in [2.75, 3.05) is 19.8 Å². The van der Waals surface area contributed by atoms with Crippen molar-refractivity contribution in [3.63, 3.8) is 0 Å². The van der Waals surface area contributed by atoms with E-state index in [1.165, 1.54) is 64.2 Å². The van der Waals surface area contributed by atoms with E-state index >= 15 is 0 Å². The third-order valence-electron chi connectivity index (χ3n) is 5.15. The summed E-state index contributed by atoms with van der Waals surface area (Å²) >= 11 is 0. The number of rotatable bonds is 22. The maximum absolute atomic E-state index is 11.9. The van der Waals surface area contributed by atoms with Gasteiger partial charge in [-0.2, -0.15) is 0 Å². The molecule has 0 aromatic rings. The highest BCUT2D eigenvalue weighted by Gasteiger charge is 2.13. The first-order valence-corrected chi connectivity index (χ1v) is 12.5. The highest BCUT2D eigenvalue weighted by Crippen LogP contribution is 2.12. The minimum atomic E-state index is -0.279. The van der Waals surface area contributed by atoms with Crippen LogP contribution in [-0.2, 0) is 19.0 Å². The third kappa shape index (κ3) is 21.9. The molecule has 0 bridgehead atoms. The maximum Gasteiger partial charge on any atom is 0.305 e. The van der Waals surface area contributed by atoms with E-state index in [9.17, 15) is 4.79 Å². The molecule has 0 aromatic heterocycles. The van der Waals surface area contributed by atoms with Crippen molar-refractivity contribution < 1.29 is 19.0 Å². The molecule has 0 saturated carbocycles. The van der Waals surface area contributed by atoms with Gasteiger partial charge in [-0.3, -0.25) is 4.79 Å². The van der Waals surface area contributed by atoms with E-state index in [0.29, 0.717) is 25.4 Å². The van der Waals surface area contributed by atoms with Crippen molar-refractivity contribution in [2.24, 2.45) is 5.92 Å². The van der Waals surface area contributed by atoms with Crippen molar-refractivity contribution >= 4 is 5.97 Å². The van der Waals surface area contributed by atoms with E-state index in [1.807, 2.05) is 0 Å². The first-order valence-electron chi connectivity index (χ1n) is 12.5. The van der Waals surface area contributed by atoms with E-state index in [1.54, 1.807) is 0 Å². The number of unbranched alkanes of at least 4 members (excludes halogenated alkanes) is 10. The Hall–Kier alpha value is -0.610. The van der Waals surface area contributed by atoms with Crippen molar-refractivity contribution in [1.82, 2.24) is 0 Å². The lowest BCUT2D eigenvalue weighted by Gasteiger charge is -2.18. The van der Waals surface area contributed by atoms with Gasteiger partial charge in [0.05, 0.1) is 13.0 Å². The lowest BCUT2D eigenvalue weighted by molar-refractivity contribution is -0.159. The van der Waals surface area contributed by atoms with Gasteiger partial charge in [0, 0.05) is 19.6 Å². The molecule has 0 aliphatic rings. The summed E-state index contributed by atoms with van der Waals surface area (Å²) in [7, 11) is 0. The first-order chi connectivity index (χ1) is 14.1. The van der Waals surface area contributed by atoms with Crippen molar-refractivity contribution in [3.8, 4) is 0 Å². The van der Waals surface area contributed by atoms with Crippen LogP contribution in [0.15, 0.2) is 0 Å². The summed E-state index contributed by atoms with van der Waals surface area (Å²) in [5.74, 6) is 0.416. The molecule has 0 aromatic carbocycles. The summed E-state index contributed by atoms with van der Waals surface area (Å²) in [5, 5.41) is 0. The van der Waals surface area contributed by atoms with Gasteiger partial charge in [0.2, 0.25) is 0 Å². The quantitative estimate of drug-likeness (QED) is 0.105. The number of carbonyl (C=O) groups excluding carboxylic acids is 1. The van der Waals surface area contributed by atoms with Gasteiger partial charge in [-0.05, 0) is 25.2 Å². The number of hydrogen-bond donors (Lipinski definition) is 0. The lowest BCUT2D eigenvalue weighted by atomic mass is 10.1. The lowest BCUT2D eigenvalue weighted by Crippen LogP contribution is -2.21. The smallest absolute Gasteiger partial charge is 0.305 e. The molecule has 4 nitrogen and oxygen atoms in total. The maximum atomic E-state index is 11.9. The van der Waals surface area contributed by atoms with Gasteiger partial charge in [0.25, 0.3) is 0 Å². The summed E-state index contributed by atoms with van der Waals surface area (Å²) < 4.78 is 17.2. The van der Waals surface area contributed by atoms with E-state index in [-0.39, 0.29) is 12.3 Å². The molecule has 0 heterocycles. The molecule has 0 saturated heterocycles. The topological polar surface area (TPSA) is 44.8 Å². The van der Waals surface area contributed by atoms with Crippen LogP contribution in [0.25, 0.3) is 0 Å². The van der Waals surface area contributed by atoms with E-state index in [2.05, 4.69) is 27.7 Å². The van der Waals surface area contributed by atoms with Gasteiger partial charge in [-0.15, -0.1) is 0 Å². The van der Waals surface area contributed by atoms with Crippen LogP contribution < -0.4 is 0 Å². The number of esters is 1. The van der Waals surface area contributed by atoms with Crippen molar-refractivity contribution in [2.45, 2.75) is 130 Å². The van der Waals surface area contributed by atoms with Gasteiger partial charge in [-0.1, -0.05) is 91.9 Å². The Morgan fingerprint density at radius 1 is 0.655 bits per heavy atom. The zero-order chi connectivity index (χ0) is 21.6. The molecule has 0 rings (SSSR count). The minimum Gasteiger partial charge on any atom is -0.466 e. The van der Waals surface area contributed by atoms with Gasteiger partial charge in [0.15, 0.2) is 6.29 Å². The van der Waals surface area contributed by atoms with Crippen LogP contribution >= 0.6 is 0 Å². The Morgan fingerprint density at radius 3 is 1.62 bits per heavy atom. The highest BCUT2D eigenvalue weighted by atomic mass is 16.7. The molecule has 0 aliphatic heterocycles. The van der Waals surface area contributed by atoms with Crippen molar-refractivity contribution in [3.05, 3.63) is 0 Å². The van der Waals surface area contributed by atoms with Crippen LogP contribution in [0.2, 0.25) is 0 Å². The number of ether oxygens (including phenoxy) is 3. The Labute approximate surface area is 181 Å². The van der Waals surface area contributed by atoms with E-state index < -0.39 is 0 Å².